The molecule has 0 amide bonds. The minimum absolute atomic E-state index is 0.0902. The summed E-state index contributed by atoms with van der Waals surface area (Å²) in [6.45, 7) is 4.30. The van der Waals surface area contributed by atoms with Gasteiger partial charge in [-0.15, -0.1) is 0 Å². The number of pyridine rings is 1. The van der Waals surface area contributed by atoms with Gasteiger partial charge in [-0.1, -0.05) is 24.8 Å². The summed E-state index contributed by atoms with van der Waals surface area (Å²) in [6.07, 6.45) is 7.05. The van der Waals surface area contributed by atoms with E-state index in [1.54, 1.807) is 18.7 Å². The lowest BCUT2D eigenvalue weighted by Crippen LogP contribution is -2.28. The molecule has 0 saturated carbocycles. The van der Waals surface area contributed by atoms with Gasteiger partial charge in [0.15, 0.2) is 0 Å². The Bertz CT molecular complexity index is 1200. The lowest BCUT2D eigenvalue weighted by Gasteiger charge is -2.32. The van der Waals surface area contributed by atoms with Crippen LogP contribution in [0.4, 0.5) is 0 Å². The van der Waals surface area contributed by atoms with Crippen LogP contribution in [0, 0.1) is 11.3 Å². The molecule has 1 unspecified atom stereocenters. The van der Waals surface area contributed by atoms with Gasteiger partial charge in [0.2, 0.25) is 11.8 Å². The number of ether oxygens (including phenoxy) is 1. The number of hydrogen-bond acceptors (Lipinski definition) is 6. The van der Waals surface area contributed by atoms with Crippen molar-refractivity contribution in [2.75, 3.05) is 14.1 Å². The van der Waals surface area contributed by atoms with Crippen LogP contribution in [-0.2, 0) is 4.74 Å². The number of nitrogens with two attached hydrogens (primary N) is 1. The molecule has 1 aromatic carbocycles. The van der Waals surface area contributed by atoms with Crippen LogP contribution in [0.3, 0.4) is 0 Å². The summed E-state index contributed by atoms with van der Waals surface area (Å²) in [7, 11) is 3.73. The molecule has 3 heterocycles. The van der Waals surface area contributed by atoms with Crippen molar-refractivity contribution in [3.05, 3.63) is 108 Å². The number of hydrogen-bond donors (Lipinski definition) is 1. The van der Waals surface area contributed by atoms with Crippen molar-refractivity contribution in [1.82, 2.24) is 19.4 Å². The molecule has 0 radical (unpaired) electrons. The first-order valence-electron chi connectivity index (χ1n) is 9.69. The quantitative estimate of drug-likeness (QED) is 0.691. The number of nitrogens with zero attached hydrogens (tertiary/aromatic N) is 5. The molecule has 1 aliphatic heterocycles. The largest absolute Gasteiger partial charge is 0.424 e. The first-order chi connectivity index (χ1) is 15.0. The molecule has 3 aromatic rings. The Morgan fingerprint density at radius 3 is 2.55 bits per heavy atom. The summed E-state index contributed by atoms with van der Waals surface area (Å²) in [4.78, 5) is 10.4. The molecule has 1 atom stereocenters. The Morgan fingerprint density at radius 2 is 1.97 bits per heavy atom. The van der Waals surface area contributed by atoms with Crippen LogP contribution < -0.4 is 5.73 Å². The Hall–Kier alpha value is -4.31. The molecule has 0 spiro atoms. The van der Waals surface area contributed by atoms with Gasteiger partial charge in [0, 0.05) is 49.5 Å². The molecular weight excluding hydrogens is 388 g/mol. The highest BCUT2D eigenvalue weighted by atomic mass is 16.5. The van der Waals surface area contributed by atoms with Crippen LogP contribution in [0.15, 0.2) is 96.9 Å². The van der Waals surface area contributed by atoms with E-state index < -0.39 is 5.92 Å². The molecule has 7 heteroatoms. The summed E-state index contributed by atoms with van der Waals surface area (Å²) in [6, 6.07) is 15.8. The van der Waals surface area contributed by atoms with Crippen molar-refractivity contribution in [2.45, 2.75) is 5.92 Å². The molecule has 0 bridgehead atoms. The smallest absolute Gasteiger partial charge is 0.207 e. The average Bonchev–Trinajstić information content (AvgIpc) is 3.33. The van der Waals surface area contributed by atoms with Gasteiger partial charge in [-0.25, -0.2) is 4.98 Å². The molecule has 1 aliphatic rings. The summed E-state index contributed by atoms with van der Waals surface area (Å²) in [5.41, 5.74) is 10.5. The second kappa shape index (κ2) is 8.20. The second-order valence-corrected chi connectivity index (χ2v) is 7.29. The fourth-order valence-electron chi connectivity index (χ4n) is 3.64. The molecule has 0 fully saturated rings. The Morgan fingerprint density at radius 1 is 1.19 bits per heavy atom. The molecule has 2 aromatic heterocycles. The van der Waals surface area contributed by atoms with E-state index in [4.69, 9.17) is 10.5 Å². The molecule has 0 aliphatic carbocycles. The number of benzene rings is 1. The zero-order valence-corrected chi connectivity index (χ0v) is 17.4. The molecule has 4 rings (SSSR count). The maximum Gasteiger partial charge on any atom is 0.207 e. The van der Waals surface area contributed by atoms with Crippen LogP contribution in [0.5, 0.6) is 0 Å². The minimum atomic E-state index is -0.442. The topological polar surface area (TPSA) is 93.0 Å². The summed E-state index contributed by atoms with van der Waals surface area (Å²) < 4.78 is 7.79. The van der Waals surface area contributed by atoms with Gasteiger partial charge in [-0.3, -0.25) is 4.98 Å². The monoisotopic (exact) mass is 410 g/mol. The molecule has 31 heavy (non-hydrogen) atoms. The number of allylic oxidation sites excluding steroid dienone is 3. The third-order valence-electron chi connectivity index (χ3n) is 5.13. The molecular formula is C24H22N6O. The van der Waals surface area contributed by atoms with Crippen molar-refractivity contribution in [3.63, 3.8) is 0 Å². The summed E-state index contributed by atoms with van der Waals surface area (Å²) >= 11 is 0. The third-order valence-corrected chi connectivity index (χ3v) is 5.13. The lowest BCUT2D eigenvalue weighted by molar-refractivity contribution is 0.187. The van der Waals surface area contributed by atoms with E-state index in [1.807, 2.05) is 72.2 Å². The summed E-state index contributed by atoms with van der Waals surface area (Å²) in [5, 5.41) is 9.93. The fraction of sp³-hybridized carbons (Fsp3) is 0.125. The summed E-state index contributed by atoms with van der Waals surface area (Å²) in [5.74, 6) is 0.186. The van der Waals surface area contributed by atoms with E-state index in [0.29, 0.717) is 22.7 Å². The Balaban J connectivity index is 1.87. The van der Waals surface area contributed by atoms with Gasteiger partial charge >= 0.3 is 0 Å². The standard InChI is InChI=1S/C24H22N6O/c1-16(20-6-4-5-11-28-20)21-22(19(14-25)23(26)31-24(21)29(2)3)17-7-9-18(10-8-17)30-13-12-27-15-30/h4-13,15,22H,1,26H2,2-3H3. The number of imidazole rings is 1. The molecule has 154 valence electrons. The SMILES string of the molecule is C=C(C1=C(N(C)C)OC(N)=C(C#N)C1c1ccc(-n2ccnc2)cc1)c1ccccn1. The van der Waals surface area contributed by atoms with Crippen LogP contribution in [-0.4, -0.2) is 33.5 Å². The zero-order chi connectivity index (χ0) is 22.0. The zero-order valence-electron chi connectivity index (χ0n) is 17.4. The van der Waals surface area contributed by atoms with E-state index >= 15 is 0 Å². The van der Waals surface area contributed by atoms with E-state index in [2.05, 4.69) is 22.6 Å². The van der Waals surface area contributed by atoms with E-state index in [0.717, 1.165) is 16.8 Å². The van der Waals surface area contributed by atoms with Gasteiger partial charge in [0.25, 0.3) is 0 Å². The highest BCUT2D eigenvalue weighted by Crippen LogP contribution is 2.44. The van der Waals surface area contributed by atoms with Gasteiger partial charge in [-0.05, 0) is 29.8 Å². The van der Waals surface area contributed by atoms with E-state index in [-0.39, 0.29) is 5.88 Å². The first-order valence-corrected chi connectivity index (χ1v) is 9.69. The lowest BCUT2D eigenvalue weighted by atomic mass is 9.80. The van der Waals surface area contributed by atoms with Crippen LogP contribution >= 0.6 is 0 Å². The maximum absolute atomic E-state index is 9.93. The third kappa shape index (κ3) is 3.67. The van der Waals surface area contributed by atoms with E-state index in [1.165, 1.54) is 0 Å². The van der Waals surface area contributed by atoms with Gasteiger partial charge < -0.3 is 19.9 Å². The molecule has 7 nitrogen and oxygen atoms in total. The minimum Gasteiger partial charge on any atom is -0.424 e. The number of aromatic nitrogens is 3. The normalized spacial score (nSPS) is 16.0. The molecule has 0 saturated heterocycles. The maximum atomic E-state index is 9.93. The van der Waals surface area contributed by atoms with Crippen molar-refractivity contribution in [2.24, 2.45) is 5.73 Å². The van der Waals surface area contributed by atoms with Crippen molar-refractivity contribution in [3.8, 4) is 11.8 Å². The van der Waals surface area contributed by atoms with Crippen molar-refractivity contribution >= 4 is 5.57 Å². The average molecular weight is 410 g/mol. The first kappa shape index (κ1) is 20.0. The van der Waals surface area contributed by atoms with E-state index in [9.17, 15) is 5.26 Å². The predicted octanol–water partition coefficient (Wildman–Crippen LogP) is 3.56. The van der Waals surface area contributed by atoms with Gasteiger partial charge in [0.1, 0.15) is 11.6 Å². The fourth-order valence-corrected chi connectivity index (χ4v) is 3.64. The van der Waals surface area contributed by atoms with Gasteiger partial charge in [-0.2, -0.15) is 5.26 Å². The van der Waals surface area contributed by atoms with Crippen molar-refractivity contribution in [1.29, 1.82) is 5.26 Å². The van der Waals surface area contributed by atoms with Crippen LogP contribution in [0.1, 0.15) is 17.2 Å². The second-order valence-electron chi connectivity index (χ2n) is 7.29. The Labute approximate surface area is 181 Å². The number of rotatable bonds is 5. The Kier molecular flexibility index (Phi) is 5.29. The van der Waals surface area contributed by atoms with Crippen molar-refractivity contribution < 1.29 is 4.74 Å². The highest BCUT2D eigenvalue weighted by molar-refractivity contribution is 5.80. The molecule has 2 N–H and O–H groups in total. The predicted molar refractivity (Wildman–Crippen MR) is 118 cm³/mol. The van der Waals surface area contributed by atoms with Crippen LogP contribution in [0.25, 0.3) is 11.3 Å². The number of nitriles is 1. The van der Waals surface area contributed by atoms with Crippen LogP contribution in [0.2, 0.25) is 0 Å². The van der Waals surface area contributed by atoms with Gasteiger partial charge in [0.05, 0.1) is 17.9 Å². The highest BCUT2D eigenvalue weighted by Gasteiger charge is 2.35.